The fourth-order valence-electron chi connectivity index (χ4n) is 1.10. The molecule has 1 rings (SSSR count). The zero-order chi connectivity index (χ0) is 10.0. The average molecular weight is 186 g/mol. The minimum absolute atomic E-state index is 0.116. The molecule has 0 aromatic heterocycles. The number of phenolic OH excluding ortho intramolecular Hbond substituents is 1. The van der Waals surface area contributed by atoms with Crippen LogP contribution >= 0.6 is 0 Å². The van der Waals surface area contributed by atoms with Crippen LogP contribution in [0.1, 0.15) is 18.6 Å². The van der Waals surface area contributed by atoms with Gasteiger partial charge in [0.05, 0.1) is 13.2 Å². The molecule has 0 fully saturated rings. The Kier molecular flexibility index (Phi) is 2.72. The molecule has 1 aromatic carbocycles. The van der Waals surface area contributed by atoms with E-state index in [1.54, 1.807) is 0 Å². The van der Waals surface area contributed by atoms with Gasteiger partial charge in [0.1, 0.15) is 0 Å². The van der Waals surface area contributed by atoms with Crippen molar-refractivity contribution in [3.63, 3.8) is 0 Å². The highest BCUT2D eigenvalue weighted by atomic mass is 19.1. The van der Waals surface area contributed by atoms with Crippen LogP contribution in [-0.2, 0) is 0 Å². The number of ether oxygens (including phenoxy) is 1. The SMILES string of the molecule is COc1c(C(C)O)ccc(O)c1F. The topological polar surface area (TPSA) is 49.7 Å². The summed E-state index contributed by atoms with van der Waals surface area (Å²) in [5.74, 6) is -1.45. The Balaban J connectivity index is 3.30. The van der Waals surface area contributed by atoms with Gasteiger partial charge in [-0.05, 0) is 19.1 Å². The van der Waals surface area contributed by atoms with E-state index in [-0.39, 0.29) is 5.75 Å². The standard InChI is InChI=1S/C9H11FO3/c1-5(11)6-3-4-7(12)8(10)9(6)13-2/h3-5,11-12H,1-2H3. The predicted molar refractivity (Wildman–Crippen MR) is 45.3 cm³/mol. The van der Waals surface area contributed by atoms with Crippen LogP contribution in [-0.4, -0.2) is 17.3 Å². The van der Waals surface area contributed by atoms with E-state index in [4.69, 9.17) is 9.84 Å². The van der Waals surface area contributed by atoms with E-state index in [0.717, 1.165) is 0 Å². The van der Waals surface area contributed by atoms with Crippen molar-refractivity contribution in [2.24, 2.45) is 0 Å². The van der Waals surface area contributed by atoms with E-state index in [1.165, 1.54) is 26.2 Å². The molecular weight excluding hydrogens is 175 g/mol. The molecule has 2 N–H and O–H groups in total. The largest absolute Gasteiger partial charge is 0.505 e. The van der Waals surface area contributed by atoms with Crippen molar-refractivity contribution in [1.82, 2.24) is 0 Å². The van der Waals surface area contributed by atoms with Crippen LogP contribution in [0, 0.1) is 5.82 Å². The lowest BCUT2D eigenvalue weighted by molar-refractivity contribution is 0.192. The lowest BCUT2D eigenvalue weighted by Crippen LogP contribution is -1.99. The van der Waals surface area contributed by atoms with Crippen molar-refractivity contribution in [3.05, 3.63) is 23.5 Å². The number of hydrogen-bond acceptors (Lipinski definition) is 3. The third-order valence-electron chi connectivity index (χ3n) is 1.76. The maximum Gasteiger partial charge on any atom is 0.206 e. The number of aromatic hydroxyl groups is 1. The summed E-state index contributed by atoms with van der Waals surface area (Å²) in [6.07, 6.45) is -0.829. The van der Waals surface area contributed by atoms with E-state index in [0.29, 0.717) is 5.56 Å². The van der Waals surface area contributed by atoms with Gasteiger partial charge in [0.15, 0.2) is 11.5 Å². The van der Waals surface area contributed by atoms with Crippen molar-refractivity contribution in [3.8, 4) is 11.5 Å². The van der Waals surface area contributed by atoms with Gasteiger partial charge in [-0.25, -0.2) is 0 Å². The highest BCUT2D eigenvalue weighted by Crippen LogP contribution is 2.32. The number of aliphatic hydroxyl groups is 1. The molecule has 0 spiro atoms. The second-order valence-corrected chi connectivity index (χ2v) is 2.70. The lowest BCUT2D eigenvalue weighted by atomic mass is 10.1. The van der Waals surface area contributed by atoms with Crippen LogP contribution in [0.25, 0.3) is 0 Å². The summed E-state index contributed by atoms with van der Waals surface area (Å²) in [5.41, 5.74) is 0.317. The van der Waals surface area contributed by atoms with E-state index >= 15 is 0 Å². The molecule has 0 aliphatic rings. The third kappa shape index (κ3) is 1.72. The van der Waals surface area contributed by atoms with Gasteiger partial charge in [0.2, 0.25) is 5.82 Å². The highest BCUT2D eigenvalue weighted by Gasteiger charge is 2.16. The molecular formula is C9H11FO3. The maximum atomic E-state index is 13.1. The number of halogens is 1. The van der Waals surface area contributed by atoms with E-state index < -0.39 is 17.7 Å². The molecule has 1 atom stereocenters. The van der Waals surface area contributed by atoms with Crippen LogP contribution in [0.5, 0.6) is 11.5 Å². The summed E-state index contributed by atoms with van der Waals surface area (Å²) in [6.45, 7) is 1.49. The van der Waals surface area contributed by atoms with Crippen LogP contribution in [0.15, 0.2) is 12.1 Å². The Bertz CT molecular complexity index is 310. The van der Waals surface area contributed by atoms with Gasteiger partial charge in [-0.1, -0.05) is 0 Å². The van der Waals surface area contributed by atoms with Gasteiger partial charge < -0.3 is 14.9 Å². The molecule has 1 unspecified atom stereocenters. The highest BCUT2D eigenvalue weighted by molar-refractivity contribution is 5.42. The fraction of sp³-hybridized carbons (Fsp3) is 0.333. The molecule has 0 aliphatic heterocycles. The average Bonchev–Trinajstić information content (AvgIpc) is 2.09. The van der Waals surface area contributed by atoms with Gasteiger partial charge in [-0.15, -0.1) is 0 Å². The molecule has 72 valence electrons. The summed E-state index contributed by atoms with van der Waals surface area (Å²) in [5, 5.41) is 18.2. The Hall–Kier alpha value is -1.29. The second kappa shape index (κ2) is 3.62. The Morgan fingerprint density at radius 1 is 1.46 bits per heavy atom. The molecule has 0 aliphatic carbocycles. The Morgan fingerprint density at radius 2 is 2.08 bits per heavy atom. The summed E-state index contributed by atoms with van der Waals surface area (Å²) in [4.78, 5) is 0. The zero-order valence-corrected chi connectivity index (χ0v) is 7.41. The minimum Gasteiger partial charge on any atom is -0.505 e. The number of hydrogen-bond donors (Lipinski definition) is 2. The molecule has 1 aromatic rings. The van der Waals surface area contributed by atoms with Crippen molar-refractivity contribution in [2.45, 2.75) is 13.0 Å². The summed E-state index contributed by atoms with van der Waals surface area (Å²) < 4.78 is 17.9. The second-order valence-electron chi connectivity index (χ2n) is 2.70. The van der Waals surface area contributed by atoms with Crippen LogP contribution in [0.3, 0.4) is 0 Å². The third-order valence-corrected chi connectivity index (χ3v) is 1.76. The molecule has 0 radical (unpaired) electrons. The van der Waals surface area contributed by atoms with Gasteiger partial charge in [-0.2, -0.15) is 4.39 Å². The number of aliphatic hydroxyl groups excluding tert-OH is 1. The van der Waals surface area contributed by atoms with Crippen molar-refractivity contribution >= 4 is 0 Å². The molecule has 4 heteroatoms. The normalized spacial score (nSPS) is 12.6. The molecule has 0 bridgehead atoms. The predicted octanol–water partition coefficient (Wildman–Crippen LogP) is 1.59. The molecule has 0 amide bonds. The van der Waals surface area contributed by atoms with E-state index in [1.807, 2.05) is 0 Å². The minimum atomic E-state index is -0.846. The monoisotopic (exact) mass is 186 g/mol. The summed E-state index contributed by atoms with van der Waals surface area (Å²) in [7, 11) is 1.28. The van der Waals surface area contributed by atoms with Crippen LogP contribution in [0.4, 0.5) is 4.39 Å². The van der Waals surface area contributed by atoms with Crippen LogP contribution < -0.4 is 4.74 Å². The molecule has 13 heavy (non-hydrogen) atoms. The fourth-order valence-corrected chi connectivity index (χ4v) is 1.10. The summed E-state index contributed by atoms with van der Waals surface area (Å²) in [6, 6.07) is 2.60. The molecule has 0 heterocycles. The summed E-state index contributed by atoms with van der Waals surface area (Å²) >= 11 is 0. The smallest absolute Gasteiger partial charge is 0.206 e. The van der Waals surface area contributed by atoms with E-state index in [9.17, 15) is 9.50 Å². The first kappa shape index (κ1) is 9.80. The van der Waals surface area contributed by atoms with Crippen LogP contribution in [0.2, 0.25) is 0 Å². The number of benzene rings is 1. The van der Waals surface area contributed by atoms with Crippen molar-refractivity contribution < 1.29 is 19.3 Å². The number of phenols is 1. The Morgan fingerprint density at radius 3 is 2.54 bits per heavy atom. The van der Waals surface area contributed by atoms with E-state index in [2.05, 4.69) is 0 Å². The first-order chi connectivity index (χ1) is 6.07. The quantitative estimate of drug-likeness (QED) is 0.737. The van der Waals surface area contributed by atoms with Crippen molar-refractivity contribution in [2.75, 3.05) is 7.11 Å². The zero-order valence-electron chi connectivity index (χ0n) is 7.41. The lowest BCUT2D eigenvalue weighted by Gasteiger charge is -2.11. The number of methoxy groups -OCH3 is 1. The maximum absolute atomic E-state index is 13.1. The van der Waals surface area contributed by atoms with Crippen molar-refractivity contribution in [1.29, 1.82) is 0 Å². The molecule has 0 saturated carbocycles. The Labute approximate surface area is 75.4 Å². The number of rotatable bonds is 2. The van der Waals surface area contributed by atoms with Gasteiger partial charge in [0, 0.05) is 5.56 Å². The van der Waals surface area contributed by atoms with Gasteiger partial charge in [-0.3, -0.25) is 0 Å². The first-order valence-corrected chi connectivity index (χ1v) is 3.81. The van der Waals surface area contributed by atoms with Gasteiger partial charge in [0.25, 0.3) is 0 Å². The molecule has 0 saturated heterocycles. The van der Waals surface area contributed by atoms with Gasteiger partial charge >= 0.3 is 0 Å². The molecule has 3 nitrogen and oxygen atoms in total. The first-order valence-electron chi connectivity index (χ1n) is 3.81.